The van der Waals surface area contributed by atoms with E-state index in [2.05, 4.69) is 25.1 Å². The molecular weight excluding hydrogens is 403 g/mol. The first-order valence-electron chi connectivity index (χ1n) is 7.73. The van der Waals surface area contributed by atoms with Crippen LogP contribution >= 0.6 is 11.6 Å². The standard InChI is InChI=1S/C16H15ClF3N5O3/c17-13-2-1-10(5-14(13)28-15(19)20)22-6-11(25-21)9-27-16-23-7-12(8-24-16)26-4-3-18/h1-2,5-8,15,21-22H,3-4,9H2/b11-6-,25-21?. The van der Waals surface area contributed by atoms with Crippen LogP contribution in [0, 0.1) is 5.53 Å². The second kappa shape index (κ2) is 10.9. The van der Waals surface area contributed by atoms with Crippen molar-refractivity contribution >= 4 is 17.3 Å². The third-order valence-corrected chi connectivity index (χ3v) is 3.31. The molecule has 0 fully saturated rings. The van der Waals surface area contributed by atoms with Crippen molar-refractivity contribution in [3.63, 3.8) is 0 Å². The molecule has 8 nitrogen and oxygen atoms in total. The average Bonchev–Trinajstić information content (AvgIpc) is 2.69. The van der Waals surface area contributed by atoms with Gasteiger partial charge in [0.1, 0.15) is 31.3 Å². The summed E-state index contributed by atoms with van der Waals surface area (Å²) >= 11 is 5.78. The van der Waals surface area contributed by atoms with Crippen LogP contribution in [0.25, 0.3) is 0 Å². The molecule has 0 saturated heterocycles. The first kappa shape index (κ1) is 21.2. The van der Waals surface area contributed by atoms with Crippen molar-refractivity contribution in [2.24, 2.45) is 5.11 Å². The van der Waals surface area contributed by atoms with Gasteiger partial charge in [0.15, 0.2) is 5.75 Å². The van der Waals surface area contributed by atoms with Gasteiger partial charge >= 0.3 is 12.6 Å². The monoisotopic (exact) mass is 417 g/mol. The van der Waals surface area contributed by atoms with Gasteiger partial charge in [0.25, 0.3) is 0 Å². The highest BCUT2D eigenvalue weighted by Crippen LogP contribution is 2.29. The maximum Gasteiger partial charge on any atom is 0.387 e. The van der Waals surface area contributed by atoms with E-state index in [0.29, 0.717) is 5.69 Å². The largest absolute Gasteiger partial charge is 0.488 e. The molecule has 0 saturated carbocycles. The molecule has 1 heterocycles. The van der Waals surface area contributed by atoms with Crippen LogP contribution in [-0.2, 0) is 0 Å². The van der Waals surface area contributed by atoms with Gasteiger partial charge in [-0.2, -0.15) is 23.9 Å². The molecule has 2 aromatic rings. The predicted molar refractivity (Wildman–Crippen MR) is 93.9 cm³/mol. The molecule has 1 aromatic carbocycles. The number of hydrogen-bond acceptors (Lipinski definition) is 8. The van der Waals surface area contributed by atoms with E-state index in [-0.39, 0.29) is 41.4 Å². The van der Waals surface area contributed by atoms with Gasteiger partial charge in [0.05, 0.1) is 17.4 Å². The van der Waals surface area contributed by atoms with E-state index < -0.39 is 13.3 Å². The summed E-state index contributed by atoms with van der Waals surface area (Å²) in [6.45, 7) is -3.89. The molecule has 1 aromatic heterocycles. The molecule has 0 amide bonds. The van der Waals surface area contributed by atoms with Gasteiger partial charge in [-0.15, -0.1) is 0 Å². The minimum Gasteiger partial charge on any atom is -0.488 e. The van der Waals surface area contributed by atoms with Gasteiger partial charge in [-0.1, -0.05) is 11.6 Å². The van der Waals surface area contributed by atoms with Crippen molar-refractivity contribution < 1.29 is 27.4 Å². The molecule has 2 rings (SSSR count). The number of nitrogens with zero attached hydrogens (tertiary/aromatic N) is 3. The van der Waals surface area contributed by atoms with Gasteiger partial charge in [-0.25, -0.2) is 9.92 Å². The Labute approximate surface area is 162 Å². The van der Waals surface area contributed by atoms with Gasteiger partial charge in [0.2, 0.25) is 0 Å². The maximum atomic E-state index is 12.3. The fourth-order valence-corrected chi connectivity index (χ4v) is 1.96. The first-order valence-corrected chi connectivity index (χ1v) is 8.10. The van der Waals surface area contributed by atoms with Crippen LogP contribution in [0.2, 0.25) is 5.02 Å². The highest BCUT2D eigenvalue weighted by molar-refractivity contribution is 6.32. The van der Waals surface area contributed by atoms with Gasteiger partial charge in [-0.05, 0) is 12.1 Å². The third kappa shape index (κ3) is 6.91. The van der Waals surface area contributed by atoms with Gasteiger partial charge in [0, 0.05) is 18.0 Å². The number of ether oxygens (including phenoxy) is 3. The summed E-state index contributed by atoms with van der Waals surface area (Å²) in [7, 11) is 0. The van der Waals surface area contributed by atoms with E-state index in [4.69, 9.17) is 26.6 Å². The number of aromatic nitrogens is 2. The highest BCUT2D eigenvalue weighted by Gasteiger charge is 2.09. The summed E-state index contributed by atoms with van der Waals surface area (Å²) in [5, 5.41) is 6.09. The Hall–Kier alpha value is -3.08. The molecule has 28 heavy (non-hydrogen) atoms. The Morgan fingerprint density at radius 3 is 2.68 bits per heavy atom. The average molecular weight is 418 g/mol. The molecule has 0 aliphatic heterocycles. The molecular formula is C16H15ClF3N5O3. The minimum absolute atomic E-state index is 0.00117. The molecule has 12 heteroatoms. The first-order chi connectivity index (χ1) is 13.5. The van der Waals surface area contributed by atoms with Crippen molar-refractivity contribution in [2.45, 2.75) is 6.61 Å². The highest BCUT2D eigenvalue weighted by atomic mass is 35.5. The molecule has 0 bridgehead atoms. The summed E-state index contributed by atoms with van der Waals surface area (Å²) in [6.07, 6.45) is 3.96. The van der Waals surface area contributed by atoms with E-state index >= 15 is 0 Å². The second-order valence-corrected chi connectivity index (χ2v) is 5.35. The zero-order valence-corrected chi connectivity index (χ0v) is 15.0. The summed E-state index contributed by atoms with van der Waals surface area (Å²) in [5.74, 6) is 0.0938. The quantitative estimate of drug-likeness (QED) is 0.524. The van der Waals surface area contributed by atoms with E-state index in [1.54, 1.807) is 0 Å². The smallest absolute Gasteiger partial charge is 0.387 e. The summed E-state index contributed by atoms with van der Waals surface area (Å²) < 4.78 is 51.3. The topological polar surface area (TPSA) is 102 Å². The van der Waals surface area contributed by atoms with Crippen LogP contribution in [0.4, 0.5) is 18.9 Å². The number of nitrogens with one attached hydrogen (secondary N) is 2. The summed E-state index contributed by atoms with van der Waals surface area (Å²) in [4.78, 5) is 7.74. The lowest BCUT2D eigenvalue weighted by molar-refractivity contribution is -0.0497. The SMILES string of the molecule is N=N/C(=C\Nc1ccc(Cl)c(OC(F)F)c1)COc1ncc(OCCF)cn1. The number of alkyl halides is 3. The molecule has 2 N–H and O–H groups in total. The Bertz CT molecular complexity index is 809. The number of anilines is 1. The van der Waals surface area contributed by atoms with E-state index in [1.165, 1.54) is 36.8 Å². The lowest BCUT2D eigenvalue weighted by atomic mass is 10.3. The van der Waals surface area contributed by atoms with Gasteiger partial charge in [-0.3, -0.25) is 0 Å². The van der Waals surface area contributed by atoms with Crippen LogP contribution in [0.5, 0.6) is 17.5 Å². The molecule has 0 aliphatic carbocycles. The Kier molecular flexibility index (Phi) is 8.28. The van der Waals surface area contributed by atoms with Gasteiger partial charge < -0.3 is 19.5 Å². The van der Waals surface area contributed by atoms with Crippen molar-refractivity contribution in [3.8, 4) is 17.5 Å². The molecule has 0 atom stereocenters. The van der Waals surface area contributed by atoms with Crippen molar-refractivity contribution in [3.05, 3.63) is 47.5 Å². The van der Waals surface area contributed by atoms with Crippen molar-refractivity contribution in [2.75, 3.05) is 25.2 Å². The lowest BCUT2D eigenvalue weighted by Crippen LogP contribution is -2.05. The zero-order valence-electron chi connectivity index (χ0n) is 14.2. The van der Waals surface area contributed by atoms with E-state index in [1.807, 2.05) is 0 Å². The van der Waals surface area contributed by atoms with Crippen LogP contribution in [0.15, 0.2) is 47.6 Å². The third-order valence-electron chi connectivity index (χ3n) is 3.00. The molecule has 150 valence electrons. The number of halogens is 4. The van der Waals surface area contributed by atoms with Crippen LogP contribution in [0.3, 0.4) is 0 Å². The molecule has 0 aliphatic rings. The molecule has 0 spiro atoms. The van der Waals surface area contributed by atoms with E-state index in [0.717, 1.165) is 0 Å². The van der Waals surface area contributed by atoms with Crippen LogP contribution < -0.4 is 19.5 Å². The Morgan fingerprint density at radius 2 is 2.04 bits per heavy atom. The van der Waals surface area contributed by atoms with Crippen molar-refractivity contribution in [1.82, 2.24) is 9.97 Å². The van der Waals surface area contributed by atoms with E-state index in [9.17, 15) is 13.2 Å². The second-order valence-electron chi connectivity index (χ2n) is 4.94. The summed E-state index contributed by atoms with van der Waals surface area (Å²) in [5.41, 5.74) is 7.71. The maximum absolute atomic E-state index is 12.3. The number of hydrogen-bond donors (Lipinski definition) is 2. The normalized spacial score (nSPS) is 11.2. The van der Waals surface area contributed by atoms with Crippen LogP contribution in [0.1, 0.15) is 0 Å². The van der Waals surface area contributed by atoms with Crippen molar-refractivity contribution in [1.29, 1.82) is 5.53 Å². The Morgan fingerprint density at radius 1 is 1.29 bits per heavy atom. The van der Waals surface area contributed by atoms with Crippen LogP contribution in [-0.4, -0.2) is 36.5 Å². The lowest BCUT2D eigenvalue weighted by Gasteiger charge is -2.09. The number of benzene rings is 1. The number of rotatable bonds is 11. The predicted octanol–water partition coefficient (Wildman–Crippen LogP) is 4.44. The Balaban J connectivity index is 1.94. The molecule has 0 unspecified atom stereocenters. The fraction of sp³-hybridized carbons (Fsp3) is 0.250. The fourth-order valence-electron chi connectivity index (χ4n) is 1.80. The molecule has 0 radical (unpaired) electrons. The summed E-state index contributed by atoms with van der Waals surface area (Å²) in [6, 6.07) is 4.18. The zero-order chi connectivity index (χ0) is 20.4. The minimum atomic E-state index is -3.01.